The summed E-state index contributed by atoms with van der Waals surface area (Å²) in [5.74, 6) is 0. The number of aromatic nitrogens is 1. The predicted octanol–water partition coefficient (Wildman–Crippen LogP) is 3.16. The van der Waals surface area contributed by atoms with E-state index in [0.717, 1.165) is 28.7 Å². The molecule has 96 valence electrons. The minimum Gasteiger partial charge on any atom is -0.388 e. The molecule has 0 aliphatic rings. The lowest BCUT2D eigenvalue weighted by Gasteiger charge is -2.02. The van der Waals surface area contributed by atoms with Gasteiger partial charge in [-0.2, -0.15) is 0 Å². The van der Waals surface area contributed by atoms with Crippen molar-refractivity contribution in [2.45, 2.75) is 26.4 Å². The molecule has 0 fully saturated rings. The topological polar surface area (TPSA) is 45.2 Å². The van der Waals surface area contributed by atoms with E-state index in [9.17, 15) is 5.11 Å². The van der Waals surface area contributed by atoms with Gasteiger partial charge >= 0.3 is 0 Å². The van der Waals surface area contributed by atoms with Gasteiger partial charge in [0, 0.05) is 6.54 Å². The largest absolute Gasteiger partial charge is 0.388 e. The highest BCUT2D eigenvalue weighted by Gasteiger charge is 2.11. The Balaban J connectivity index is 1.89. The van der Waals surface area contributed by atoms with Gasteiger partial charge in [0.2, 0.25) is 0 Å². The van der Waals surface area contributed by atoms with Crippen LogP contribution in [-0.4, -0.2) is 16.6 Å². The number of hydrogen-bond acceptors (Lipinski definition) is 4. The predicted molar refractivity (Wildman–Crippen MR) is 76.1 cm³/mol. The van der Waals surface area contributed by atoms with Gasteiger partial charge in [0.1, 0.15) is 0 Å². The van der Waals surface area contributed by atoms with E-state index in [1.54, 1.807) is 6.92 Å². The van der Waals surface area contributed by atoms with Crippen molar-refractivity contribution in [2.24, 2.45) is 0 Å². The van der Waals surface area contributed by atoms with E-state index in [2.05, 4.69) is 34.6 Å². The van der Waals surface area contributed by atoms with Crippen LogP contribution in [0.15, 0.2) is 30.3 Å². The SMILES string of the molecule is Cc1nc(NCCc2ccccc2)sc1C(C)O. The first-order valence-electron chi connectivity index (χ1n) is 6.10. The Morgan fingerprint density at radius 1 is 1.33 bits per heavy atom. The summed E-state index contributed by atoms with van der Waals surface area (Å²) in [5.41, 5.74) is 2.23. The Labute approximate surface area is 112 Å². The normalized spacial score (nSPS) is 12.4. The molecule has 0 bridgehead atoms. The summed E-state index contributed by atoms with van der Waals surface area (Å²) in [6.07, 6.45) is 0.538. The zero-order valence-corrected chi connectivity index (χ0v) is 11.5. The van der Waals surface area contributed by atoms with Crippen molar-refractivity contribution >= 4 is 16.5 Å². The molecule has 18 heavy (non-hydrogen) atoms. The van der Waals surface area contributed by atoms with Gasteiger partial charge in [0.05, 0.1) is 16.7 Å². The van der Waals surface area contributed by atoms with Crippen molar-refractivity contribution in [3.05, 3.63) is 46.5 Å². The maximum absolute atomic E-state index is 9.56. The molecule has 0 spiro atoms. The van der Waals surface area contributed by atoms with E-state index in [-0.39, 0.29) is 0 Å². The maximum Gasteiger partial charge on any atom is 0.183 e. The summed E-state index contributed by atoms with van der Waals surface area (Å²) in [6, 6.07) is 10.4. The number of benzene rings is 1. The molecule has 0 saturated heterocycles. The van der Waals surface area contributed by atoms with E-state index < -0.39 is 6.10 Å². The molecular weight excluding hydrogens is 244 g/mol. The zero-order valence-electron chi connectivity index (χ0n) is 10.7. The highest BCUT2D eigenvalue weighted by atomic mass is 32.1. The quantitative estimate of drug-likeness (QED) is 0.870. The minimum atomic E-state index is -0.438. The van der Waals surface area contributed by atoms with Gasteiger partial charge in [0.15, 0.2) is 5.13 Å². The summed E-state index contributed by atoms with van der Waals surface area (Å²) < 4.78 is 0. The first-order valence-corrected chi connectivity index (χ1v) is 6.91. The molecule has 1 aromatic carbocycles. The van der Waals surface area contributed by atoms with Gasteiger partial charge in [0.25, 0.3) is 0 Å². The average molecular weight is 262 g/mol. The molecule has 3 nitrogen and oxygen atoms in total. The zero-order chi connectivity index (χ0) is 13.0. The van der Waals surface area contributed by atoms with Crippen molar-refractivity contribution in [1.82, 2.24) is 4.98 Å². The van der Waals surface area contributed by atoms with Gasteiger partial charge in [-0.1, -0.05) is 41.7 Å². The second kappa shape index (κ2) is 5.98. The van der Waals surface area contributed by atoms with Crippen LogP contribution in [0.3, 0.4) is 0 Å². The fourth-order valence-corrected chi connectivity index (χ4v) is 2.76. The molecule has 1 unspecified atom stereocenters. The van der Waals surface area contributed by atoms with E-state index >= 15 is 0 Å². The molecule has 0 aliphatic heterocycles. The van der Waals surface area contributed by atoms with Gasteiger partial charge in [-0.3, -0.25) is 0 Å². The van der Waals surface area contributed by atoms with Crippen LogP contribution in [-0.2, 0) is 6.42 Å². The molecule has 1 aromatic heterocycles. The van der Waals surface area contributed by atoms with Crippen LogP contribution < -0.4 is 5.32 Å². The number of aliphatic hydroxyl groups is 1. The van der Waals surface area contributed by atoms with E-state index in [1.807, 2.05) is 13.0 Å². The van der Waals surface area contributed by atoms with Gasteiger partial charge in [-0.25, -0.2) is 4.98 Å². The smallest absolute Gasteiger partial charge is 0.183 e. The van der Waals surface area contributed by atoms with Gasteiger partial charge in [-0.15, -0.1) is 0 Å². The third-order valence-electron chi connectivity index (χ3n) is 2.74. The fourth-order valence-electron chi connectivity index (χ4n) is 1.83. The van der Waals surface area contributed by atoms with Crippen LogP contribution in [0.4, 0.5) is 5.13 Å². The number of aryl methyl sites for hydroxylation is 1. The molecule has 1 heterocycles. The molecule has 0 radical (unpaired) electrons. The third-order valence-corrected chi connectivity index (χ3v) is 4.03. The Bertz CT molecular complexity index is 494. The van der Waals surface area contributed by atoms with Gasteiger partial charge in [-0.05, 0) is 25.8 Å². The number of hydrogen-bond donors (Lipinski definition) is 2. The summed E-state index contributed by atoms with van der Waals surface area (Å²) in [5, 5.41) is 13.8. The summed E-state index contributed by atoms with van der Waals surface area (Å²) in [7, 11) is 0. The van der Waals surface area contributed by atoms with Gasteiger partial charge < -0.3 is 10.4 Å². The van der Waals surface area contributed by atoms with Crippen molar-refractivity contribution < 1.29 is 5.11 Å². The Kier molecular flexibility index (Phi) is 4.33. The average Bonchev–Trinajstić information content (AvgIpc) is 2.72. The number of rotatable bonds is 5. The van der Waals surface area contributed by atoms with Crippen LogP contribution in [0.5, 0.6) is 0 Å². The molecule has 2 N–H and O–H groups in total. The van der Waals surface area contributed by atoms with Crippen molar-refractivity contribution in [3.8, 4) is 0 Å². The molecule has 1 atom stereocenters. The lowest BCUT2D eigenvalue weighted by Crippen LogP contribution is -2.04. The monoisotopic (exact) mass is 262 g/mol. The van der Waals surface area contributed by atoms with E-state index in [1.165, 1.54) is 16.9 Å². The highest BCUT2D eigenvalue weighted by Crippen LogP contribution is 2.27. The first kappa shape index (κ1) is 13.1. The molecule has 2 aromatic rings. The summed E-state index contributed by atoms with van der Waals surface area (Å²) >= 11 is 1.53. The van der Waals surface area contributed by atoms with Crippen LogP contribution in [0.1, 0.15) is 29.2 Å². The van der Waals surface area contributed by atoms with Crippen molar-refractivity contribution in [3.63, 3.8) is 0 Å². The maximum atomic E-state index is 9.56. The Morgan fingerprint density at radius 2 is 2.06 bits per heavy atom. The van der Waals surface area contributed by atoms with Crippen LogP contribution in [0.2, 0.25) is 0 Å². The first-order chi connectivity index (χ1) is 8.66. The van der Waals surface area contributed by atoms with Crippen LogP contribution >= 0.6 is 11.3 Å². The third kappa shape index (κ3) is 3.31. The molecule has 4 heteroatoms. The highest BCUT2D eigenvalue weighted by molar-refractivity contribution is 7.15. The standard InChI is InChI=1S/C14H18N2OS/c1-10-13(11(2)17)18-14(16-10)15-9-8-12-6-4-3-5-7-12/h3-7,11,17H,8-9H2,1-2H3,(H,15,16). The Hall–Kier alpha value is -1.39. The van der Waals surface area contributed by atoms with Crippen LogP contribution in [0.25, 0.3) is 0 Å². The second-order valence-corrected chi connectivity index (χ2v) is 5.34. The molecule has 0 amide bonds. The Morgan fingerprint density at radius 3 is 2.67 bits per heavy atom. The molecule has 2 rings (SSSR count). The van der Waals surface area contributed by atoms with Crippen molar-refractivity contribution in [2.75, 3.05) is 11.9 Å². The fraction of sp³-hybridized carbons (Fsp3) is 0.357. The number of nitrogens with one attached hydrogen (secondary N) is 1. The number of anilines is 1. The number of nitrogens with zero attached hydrogens (tertiary/aromatic N) is 1. The molecule has 0 saturated carbocycles. The lowest BCUT2D eigenvalue weighted by molar-refractivity contribution is 0.202. The summed E-state index contributed by atoms with van der Waals surface area (Å²) in [4.78, 5) is 5.35. The summed E-state index contributed by atoms with van der Waals surface area (Å²) in [6.45, 7) is 4.56. The number of thiazole rings is 1. The minimum absolute atomic E-state index is 0.438. The molecule has 0 aliphatic carbocycles. The van der Waals surface area contributed by atoms with E-state index in [4.69, 9.17) is 0 Å². The van der Waals surface area contributed by atoms with Crippen LogP contribution in [0, 0.1) is 6.92 Å². The van der Waals surface area contributed by atoms with E-state index in [0.29, 0.717) is 0 Å². The number of aliphatic hydroxyl groups excluding tert-OH is 1. The van der Waals surface area contributed by atoms with Crippen molar-refractivity contribution in [1.29, 1.82) is 0 Å². The second-order valence-electron chi connectivity index (χ2n) is 4.31. The lowest BCUT2D eigenvalue weighted by atomic mass is 10.2. The molecular formula is C14H18N2OS.